The maximum atomic E-state index is 11.7. The Balaban J connectivity index is 2.45. The van der Waals surface area contributed by atoms with Crippen molar-refractivity contribution in [2.45, 2.75) is 25.7 Å². The number of ketones is 1. The first kappa shape index (κ1) is 10.9. The SMILES string of the molecule is COC(=O)C1=C2CCCCN2C(=O)CC1=O. The number of hydrogen-bond acceptors (Lipinski definition) is 4. The van der Waals surface area contributed by atoms with Crippen LogP contribution in [0.3, 0.4) is 0 Å². The molecule has 2 rings (SSSR count). The fourth-order valence-corrected chi connectivity index (χ4v) is 2.18. The average Bonchev–Trinajstić information content (AvgIpc) is 2.28. The molecule has 5 heteroatoms. The molecule has 1 amide bonds. The topological polar surface area (TPSA) is 63.7 Å². The van der Waals surface area contributed by atoms with Gasteiger partial charge in [0.15, 0.2) is 5.78 Å². The molecule has 0 saturated carbocycles. The van der Waals surface area contributed by atoms with Crippen LogP contribution in [0.2, 0.25) is 0 Å². The van der Waals surface area contributed by atoms with Crippen molar-refractivity contribution in [1.82, 2.24) is 4.90 Å². The van der Waals surface area contributed by atoms with E-state index in [2.05, 4.69) is 4.74 Å². The monoisotopic (exact) mass is 223 g/mol. The third kappa shape index (κ3) is 1.62. The number of fused-ring (bicyclic) bond motifs is 1. The van der Waals surface area contributed by atoms with Crippen LogP contribution in [0.1, 0.15) is 25.7 Å². The van der Waals surface area contributed by atoms with Gasteiger partial charge >= 0.3 is 5.97 Å². The van der Waals surface area contributed by atoms with Gasteiger partial charge in [-0.15, -0.1) is 0 Å². The molecular formula is C11H13NO4. The molecule has 86 valence electrons. The molecule has 0 aromatic rings. The van der Waals surface area contributed by atoms with E-state index in [0.717, 1.165) is 12.8 Å². The van der Waals surface area contributed by atoms with Crippen LogP contribution in [0.15, 0.2) is 11.3 Å². The fourth-order valence-electron chi connectivity index (χ4n) is 2.18. The van der Waals surface area contributed by atoms with Crippen molar-refractivity contribution in [1.29, 1.82) is 0 Å². The summed E-state index contributed by atoms with van der Waals surface area (Å²) in [6.07, 6.45) is 2.20. The first-order valence-electron chi connectivity index (χ1n) is 5.30. The lowest BCUT2D eigenvalue weighted by molar-refractivity contribution is -0.140. The van der Waals surface area contributed by atoms with Gasteiger partial charge < -0.3 is 9.64 Å². The molecular weight excluding hydrogens is 210 g/mol. The van der Waals surface area contributed by atoms with Gasteiger partial charge in [-0.2, -0.15) is 0 Å². The first-order chi connectivity index (χ1) is 7.65. The Kier molecular flexibility index (Phi) is 2.77. The van der Waals surface area contributed by atoms with Crippen molar-refractivity contribution in [3.63, 3.8) is 0 Å². The molecule has 0 N–H and O–H groups in total. The van der Waals surface area contributed by atoms with Crippen LogP contribution in [0.5, 0.6) is 0 Å². The Morgan fingerprint density at radius 2 is 2.06 bits per heavy atom. The van der Waals surface area contributed by atoms with Gasteiger partial charge in [-0.1, -0.05) is 0 Å². The van der Waals surface area contributed by atoms with Crippen LogP contribution in [0.4, 0.5) is 0 Å². The Bertz CT molecular complexity index is 397. The van der Waals surface area contributed by atoms with E-state index < -0.39 is 11.8 Å². The maximum absolute atomic E-state index is 11.7. The fraction of sp³-hybridized carbons (Fsp3) is 0.545. The van der Waals surface area contributed by atoms with Crippen molar-refractivity contribution in [3.05, 3.63) is 11.3 Å². The predicted octanol–water partition coefficient (Wildman–Crippen LogP) is 0.399. The number of nitrogens with zero attached hydrogens (tertiary/aromatic N) is 1. The normalized spacial score (nSPS) is 20.9. The molecule has 0 spiro atoms. The Hall–Kier alpha value is -1.65. The van der Waals surface area contributed by atoms with Crippen LogP contribution < -0.4 is 0 Å². The molecule has 2 heterocycles. The number of allylic oxidation sites excluding steroid dienone is 1. The highest BCUT2D eigenvalue weighted by atomic mass is 16.5. The van der Waals surface area contributed by atoms with Crippen LogP contribution in [-0.2, 0) is 19.1 Å². The third-order valence-corrected chi connectivity index (χ3v) is 2.94. The second-order valence-corrected chi connectivity index (χ2v) is 3.92. The van der Waals surface area contributed by atoms with Crippen LogP contribution >= 0.6 is 0 Å². The summed E-state index contributed by atoms with van der Waals surface area (Å²) in [4.78, 5) is 36.3. The lowest BCUT2D eigenvalue weighted by atomic mass is 9.94. The van der Waals surface area contributed by atoms with Crippen molar-refractivity contribution < 1.29 is 19.1 Å². The molecule has 1 saturated heterocycles. The standard InChI is InChI=1S/C11H13NO4/c1-16-11(15)10-7-4-2-3-5-12(7)9(14)6-8(10)13/h2-6H2,1H3. The van der Waals surface area contributed by atoms with Gasteiger partial charge in [0.1, 0.15) is 5.57 Å². The molecule has 5 nitrogen and oxygen atoms in total. The summed E-state index contributed by atoms with van der Waals surface area (Å²) in [5.41, 5.74) is 0.626. The van der Waals surface area contributed by atoms with Crippen molar-refractivity contribution >= 4 is 17.7 Å². The van der Waals surface area contributed by atoms with E-state index in [0.29, 0.717) is 18.7 Å². The number of esters is 1. The van der Waals surface area contributed by atoms with Crippen LogP contribution in [0.25, 0.3) is 0 Å². The molecule has 0 aromatic carbocycles. The summed E-state index contributed by atoms with van der Waals surface area (Å²) < 4.78 is 4.59. The van der Waals surface area contributed by atoms with E-state index in [9.17, 15) is 14.4 Å². The summed E-state index contributed by atoms with van der Waals surface area (Å²) in [6.45, 7) is 0.599. The van der Waals surface area contributed by atoms with E-state index in [-0.39, 0.29) is 17.9 Å². The summed E-state index contributed by atoms with van der Waals surface area (Å²) in [5.74, 6) is -1.24. The molecule has 1 fully saturated rings. The number of ether oxygens (including phenoxy) is 1. The van der Waals surface area contributed by atoms with E-state index in [4.69, 9.17) is 0 Å². The predicted molar refractivity (Wildman–Crippen MR) is 54.2 cm³/mol. The zero-order chi connectivity index (χ0) is 11.7. The number of amides is 1. The second kappa shape index (κ2) is 4.08. The van der Waals surface area contributed by atoms with Gasteiger partial charge in [-0.3, -0.25) is 9.59 Å². The van der Waals surface area contributed by atoms with Crippen molar-refractivity contribution in [2.24, 2.45) is 0 Å². The number of carbonyl (C=O) groups is 3. The third-order valence-electron chi connectivity index (χ3n) is 2.94. The largest absolute Gasteiger partial charge is 0.465 e. The molecule has 0 aromatic heterocycles. The number of methoxy groups -OCH3 is 1. The van der Waals surface area contributed by atoms with Gasteiger partial charge in [0, 0.05) is 12.2 Å². The molecule has 0 aliphatic carbocycles. The molecule has 0 unspecified atom stereocenters. The van der Waals surface area contributed by atoms with Gasteiger partial charge in [0.2, 0.25) is 5.91 Å². The van der Waals surface area contributed by atoms with Gasteiger partial charge in [-0.25, -0.2) is 4.79 Å². The van der Waals surface area contributed by atoms with Gasteiger partial charge in [0.05, 0.1) is 13.5 Å². The number of rotatable bonds is 1. The summed E-state index contributed by atoms with van der Waals surface area (Å²) >= 11 is 0. The molecule has 2 aliphatic rings. The number of carbonyl (C=O) groups excluding carboxylic acids is 3. The zero-order valence-corrected chi connectivity index (χ0v) is 9.12. The smallest absolute Gasteiger partial charge is 0.343 e. The van der Waals surface area contributed by atoms with E-state index >= 15 is 0 Å². The molecule has 2 aliphatic heterocycles. The highest BCUT2D eigenvalue weighted by Crippen LogP contribution is 2.29. The number of Topliss-reactive ketones (excluding diaryl/α,β-unsaturated/α-hetero) is 1. The number of piperidine rings is 1. The van der Waals surface area contributed by atoms with Crippen molar-refractivity contribution in [2.75, 3.05) is 13.7 Å². The first-order valence-corrected chi connectivity index (χ1v) is 5.30. The van der Waals surface area contributed by atoms with Crippen LogP contribution in [0, 0.1) is 0 Å². The van der Waals surface area contributed by atoms with E-state index in [1.54, 1.807) is 4.90 Å². The minimum Gasteiger partial charge on any atom is -0.465 e. The highest BCUT2D eigenvalue weighted by molar-refractivity contribution is 6.24. The zero-order valence-electron chi connectivity index (χ0n) is 9.12. The maximum Gasteiger partial charge on any atom is 0.343 e. The van der Waals surface area contributed by atoms with Crippen molar-refractivity contribution in [3.8, 4) is 0 Å². The summed E-state index contributed by atoms with van der Waals surface area (Å²) in [5, 5.41) is 0. The second-order valence-electron chi connectivity index (χ2n) is 3.92. The minimum atomic E-state index is -0.626. The lowest BCUT2D eigenvalue weighted by Crippen LogP contribution is -2.42. The Morgan fingerprint density at radius 3 is 2.75 bits per heavy atom. The summed E-state index contributed by atoms with van der Waals surface area (Å²) in [6, 6.07) is 0. The average molecular weight is 223 g/mol. The van der Waals surface area contributed by atoms with Crippen LogP contribution in [-0.4, -0.2) is 36.2 Å². The molecule has 0 bridgehead atoms. The Morgan fingerprint density at radius 1 is 1.31 bits per heavy atom. The molecule has 16 heavy (non-hydrogen) atoms. The van der Waals surface area contributed by atoms with E-state index in [1.165, 1.54) is 7.11 Å². The van der Waals surface area contributed by atoms with Gasteiger partial charge in [0.25, 0.3) is 0 Å². The molecule has 0 radical (unpaired) electrons. The lowest BCUT2D eigenvalue weighted by Gasteiger charge is -2.34. The number of hydrogen-bond donors (Lipinski definition) is 0. The summed E-state index contributed by atoms with van der Waals surface area (Å²) in [7, 11) is 1.24. The van der Waals surface area contributed by atoms with Gasteiger partial charge in [-0.05, 0) is 19.3 Å². The van der Waals surface area contributed by atoms with E-state index in [1.807, 2.05) is 0 Å². The Labute approximate surface area is 93.0 Å². The highest BCUT2D eigenvalue weighted by Gasteiger charge is 2.37. The minimum absolute atomic E-state index is 0.0711. The quantitative estimate of drug-likeness (QED) is 0.366. The molecule has 0 atom stereocenters.